The molecule has 3 atom stereocenters. The lowest BCUT2D eigenvalue weighted by atomic mass is 9.66. The third-order valence-electron chi connectivity index (χ3n) is 6.65. The summed E-state index contributed by atoms with van der Waals surface area (Å²) < 4.78 is 28.6. The van der Waals surface area contributed by atoms with Crippen molar-refractivity contribution in [2.45, 2.75) is 69.9 Å². The minimum absolute atomic E-state index is 0.0603. The molecule has 1 aliphatic rings. The fourth-order valence-corrected chi connectivity index (χ4v) is 4.88. The maximum Gasteiger partial charge on any atom is 0.291 e. The van der Waals surface area contributed by atoms with Gasteiger partial charge in [0.05, 0.1) is 12.1 Å². The average molecular weight is 427 g/mol. The number of alkyl halides is 2. The summed E-state index contributed by atoms with van der Waals surface area (Å²) >= 11 is 0. The van der Waals surface area contributed by atoms with Crippen molar-refractivity contribution in [1.82, 2.24) is 0 Å². The van der Waals surface area contributed by atoms with Gasteiger partial charge in [-0.1, -0.05) is 56.3 Å². The predicted octanol–water partition coefficient (Wildman–Crippen LogP) is 5.79. The van der Waals surface area contributed by atoms with E-state index in [9.17, 15) is 13.9 Å². The van der Waals surface area contributed by atoms with Crippen molar-refractivity contribution >= 4 is 11.9 Å². The summed E-state index contributed by atoms with van der Waals surface area (Å²) in [6.07, 6.45) is 6.15. The van der Waals surface area contributed by atoms with Gasteiger partial charge in [-0.05, 0) is 55.9 Å². The highest BCUT2D eigenvalue weighted by atomic mass is 19.3. The first-order chi connectivity index (χ1) is 14.8. The second kappa shape index (κ2) is 9.31. The van der Waals surface area contributed by atoms with Crippen molar-refractivity contribution < 1.29 is 13.9 Å². The molecule has 3 unspecified atom stereocenters. The number of hydrogen-bond donors (Lipinski definition) is 2. The van der Waals surface area contributed by atoms with Crippen LogP contribution in [0.25, 0.3) is 0 Å². The standard InChI is InChI=1S/C26H32F2N2O/c1-4-16-26(27,28)20-13-11-19(12-14-20)25(6-3,24(31)5-2)23-15-10-18-8-7-9-22(29)21(18)17-30-23/h4,7-9,11-14,16-17,23-24,31H,5-6,10,15,29H2,1-3H3/b16-4+. The molecule has 1 heterocycles. The first-order valence-electron chi connectivity index (χ1n) is 11.0. The van der Waals surface area contributed by atoms with E-state index in [1.54, 1.807) is 19.1 Å². The maximum absolute atomic E-state index is 14.3. The van der Waals surface area contributed by atoms with E-state index < -0.39 is 17.4 Å². The Kier molecular flexibility index (Phi) is 6.95. The minimum atomic E-state index is -3.02. The Labute approximate surface area is 183 Å². The number of nitrogen functional groups attached to an aromatic ring is 1. The van der Waals surface area contributed by atoms with Gasteiger partial charge >= 0.3 is 0 Å². The van der Waals surface area contributed by atoms with E-state index in [4.69, 9.17) is 10.7 Å². The Balaban J connectivity index is 2.05. The number of fused-ring (bicyclic) bond motifs is 1. The number of halogens is 2. The van der Waals surface area contributed by atoms with Crippen LogP contribution in [0.15, 0.2) is 59.6 Å². The van der Waals surface area contributed by atoms with Gasteiger partial charge in [0.15, 0.2) is 0 Å². The number of nitrogens with two attached hydrogens (primary N) is 1. The largest absolute Gasteiger partial charge is 0.398 e. The molecule has 0 bridgehead atoms. The van der Waals surface area contributed by atoms with E-state index in [2.05, 4.69) is 6.07 Å². The summed E-state index contributed by atoms with van der Waals surface area (Å²) in [7, 11) is 0. The highest BCUT2D eigenvalue weighted by molar-refractivity contribution is 5.89. The second-order valence-electron chi connectivity index (χ2n) is 8.27. The highest BCUT2D eigenvalue weighted by Gasteiger charge is 2.45. The molecule has 0 radical (unpaired) electrons. The Hall–Kier alpha value is -2.53. The molecular formula is C26H32F2N2O. The fraction of sp³-hybridized carbons (Fsp3) is 0.423. The molecule has 0 aliphatic carbocycles. The molecule has 3 N–H and O–H groups in total. The molecule has 1 aliphatic heterocycles. The molecule has 2 aromatic rings. The fourth-order valence-electron chi connectivity index (χ4n) is 4.88. The molecule has 0 saturated heterocycles. The topological polar surface area (TPSA) is 58.6 Å². The monoisotopic (exact) mass is 426 g/mol. The molecule has 166 valence electrons. The lowest BCUT2D eigenvalue weighted by molar-refractivity contribution is 0.0505. The molecule has 0 aromatic heterocycles. The smallest absolute Gasteiger partial charge is 0.291 e. The molecule has 5 heteroatoms. The maximum atomic E-state index is 14.3. The zero-order valence-corrected chi connectivity index (χ0v) is 18.5. The van der Waals surface area contributed by atoms with Crippen LogP contribution in [0, 0.1) is 0 Å². The van der Waals surface area contributed by atoms with Crippen molar-refractivity contribution in [3.63, 3.8) is 0 Å². The van der Waals surface area contributed by atoms with E-state index >= 15 is 0 Å². The van der Waals surface area contributed by atoms with Crippen molar-refractivity contribution in [2.75, 3.05) is 5.73 Å². The number of anilines is 1. The Morgan fingerprint density at radius 3 is 2.45 bits per heavy atom. The van der Waals surface area contributed by atoms with Gasteiger partial charge in [0.1, 0.15) is 0 Å². The number of aliphatic hydroxyl groups excluding tert-OH is 1. The summed E-state index contributed by atoms with van der Waals surface area (Å²) in [5.41, 5.74) is 9.03. The third kappa shape index (κ3) is 4.29. The lowest BCUT2D eigenvalue weighted by Gasteiger charge is -2.42. The SMILES string of the molecule is C/C=C/C(F)(F)c1ccc(C(CC)(C(O)CC)C2CCc3cccc(N)c3C=N2)cc1. The molecule has 3 rings (SSSR count). The van der Waals surface area contributed by atoms with E-state index in [1.807, 2.05) is 32.2 Å². The lowest BCUT2D eigenvalue weighted by Crippen LogP contribution is -2.48. The zero-order valence-electron chi connectivity index (χ0n) is 18.5. The summed E-state index contributed by atoms with van der Waals surface area (Å²) in [5.74, 6) is -3.02. The van der Waals surface area contributed by atoms with Crippen LogP contribution in [0.3, 0.4) is 0 Å². The van der Waals surface area contributed by atoms with Gasteiger partial charge in [-0.25, -0.2) is 0 Å². The highest BCUT2D eigenvalue weighted by Crippen LogP contribution is 2.42. The molecule has 31 heavy (non-hydrogen) atoms. The van der Waals surface area contributed by atoms with Gasteiger partial charge < -0.3 is 10.8 Å². The van der Waals surface area contributed by atoms with Crippen molar-refractivity contribution in [3.05, 3.63) is 76.9 Å². The number of aliphatic imine (C=N–C) groups is 1. The summed E-state index contributed by atoms with van der Waals surface area (Å²) in [6.45, 7) is 5.55. The van der Waals surface area contributed by atoms with Gasteiger partial charge in [-0.3, -0.25) is 4.99 Å². The first-order valence-corrected chi connectivity index (χ1v) is 11.0. The van der Waals surface area contributed by atoms with Gasteiger partial charge in [-0.15, -0.1) is 0 Å². The van der Waals surface area contributed by atoms with Crippen LogP contribution < -0.4 is 5.73 Å². The quantitative estimate of drug-likeness (QED) is 0.435. The summed E-state index contributed by atoms with van der Waals surface area (Å²) in [6, 6.07) is 12.1. The van der Waals surface area contributed by atoms with Crippen LogP contribution in [0.4, 0.5) is 14.5 Å². The number of hydrogen-bond acceptors (Lipinski definition) is 3. The van der Waals surface area contributed by atoms with Gasteiger partial charge in [0, 0.05) is 28.4 Å². The van der Waals surface area contributed by atoms with Crippen molar-refractivity contribution in [3.8, 4) is 0 Å². The first kappa shape index (κ1) is 23.1. The van der Waals surface area contributed by atoms with Gasteiger partial charge in [0.25, 0.3) is 5.92 Å². The Morgan fingerprint density at radius 1 is 1.16 bits per heavy atom. The van der Waals surface area contributed by atoms with Crippen LogP contribution in [-0.4, -0.2) is 23.5 Å². The van der Waals surface area contributed by atoms with E-state index in [-0.39, 0.29) is 11.6 Å². The Bertz CT molecular complexity index is 952. The molecule has 0 fully saturated rings. The van der Waals surface area contributed by atoms with Crippen LogP contribution in [0.1, 0.15) is 62.3 Å². The Morgan fingerprint density at radius 2 is 1.84 bits per heavy atom. The number of nitrogens with zero attached hydrogens (tertiary/aromatic N) is 1. The molecule has 2 aromatic carbocycles. The number of aliphatic hydroxyl groups is 1. The molecule has 0 spiro atoms. The van der Waals surface area contributed by atoms with Crippen LogP contribution in [0.2, 0.25) is 0 Å². The minimum Gasteiger partial charge on any atom is -0.398 e. The summed E-state index contributed by atoms with van der Waals surface area (Å²) in [4.78, 5) is 4.89. The van der Waals surface area contributed by atoms with E-state index in [1.165, 1.54) is 18.2 Å². The van der Waals surface area contributed by atoms with E-state index in [0.717, 1.165) is 35.6 Å². The van der Waals surface area contributed by atoms with Crippen LogP contribution in [-0.2, 0) is 17.8 Å². The predicted molar refractivity (Wildman–Crippen MR) is 124 cm³/mol. The average Bonchev–Trinajstić information content (AvgIpc) is 2.99. The molecule has 0 amide bonds. The molecule has 3 nitrogen and oxygen atoms in total. The number of aryl methyl sites for hydroxylation is 1. The number of benzene rings is 2. The number of allylic oxidation sites excluding steroid dienone is 2. The van der Waals surface area contributed by atoms with Crippen LogP contribution in [0.5, 0.6) is 0 Å². The van der Waals surface area contributed by atoms with Crippen molar-refractivity contribution in [2.24, 2.45) is 4.99 Å². The molecule has 0 saturated carbocycles. The van der Waals surface area contributed by atoms with Crippen LogP contribution >= 0.6 is 0 Å². The zero-order chi connectivity index (χ0) is 22.6. The van der Waals surface area contributed by atoms with Gasteiger partial charge in [-0.2, -0.15) is 8.78 Å². The van der Waals surface area contributed by atoms with E-state index in [0.29, 0.717) is 18.5 Å². The second-order valence-corrected chi connectivity index (χ2v) is 8.27. The molecular weight excluding hydrogens is 394 g/mol. The third-order valence-corrected chi connectivity index (χ3v) is 6.65. The summed E-state index contributed by atoms with van der Waals surface area (Å²) in [5, 5.41) is 11.2. The normalized spacial score (nSPS) is 19.6. The van der Waals surface area contributed by atoms with Crippen molar-refractivity contribution in [1.29, 1.82) is 0 Å². The van der Waals surface area contributed by atoms with Gasteiger partial charge in [0.2, 0.25) is 0 Å². The number of rotatable bonds is 7.